The maximum Gasteiger partial charge on any atom is 0.409 e. The number of unbranched alkanes of at least 4 members (excludes halogenated alkanes) is 1. The van der Waals surface area contributed by atoms with Crippen LogP contribution in [0.2, 0.25) is 0 Å². The SMILES string of the molecule is CN(C)C(=O)OCCCCOC(=O)N(C)C. The molecule has 6 nitrogen and oxygen atoms in total. The zero-order valence-electron chi connectivity index (χ0n) is 10.4. The summed E-state index contributed by atoms with van der Waals surface area (Å²) in [7, 11) is 6.50. The molecular weight excluding hydrogens is 212 g/mol. The number of amides is 2. The second-order valence-corrected chi connectivity index (χ2v) is 3.72. The van der Waals surface area contributed by atoms with Gasteiger partial charge in [0, 0.05) is 28.2 Å². The molecule has 0 N–H and O–H groups in total. The van der Waals surface area contributed by atoms with Crippen molar-refractivity contribution >= 4 is 12.2 Å². The molecule has 0 rings (SSSR count). The van der Waals surface area contributed by atoms with E-state index in [1.165, 1.54) is 9.80 Å². The van der Waals surface area contributed by atoms with Gasteiger partial charge in [0.05, 0.1) is 13.2 Å². The molecule has 0 spiro atoms. The minimum Gasteiger partial charge on any atom is -0.449 e. The van der Waals surface area contributed by atoms with Crippen LogP contribution in [0, 0.1) is 0 Å². The van der Waals surface area contributed by atoms with Gasteiger partial charge in [-0.15, -0.1) is 0 Å². The van der Waals surface area contributed by atoms with Crippen LogP contribution in [0.4, 0.5) is 9.59 Å². The van der Waals surface area contributed by atoms with E-state index in [2.05, 4.69) is 0 Å². The molecule has 0 aliphatic carbocycles. The van der Waals surface area contributed by atoms with Gasteiger partial charge in [-0.2, -0.15) is 0 Å². The molecule has 0 radical (unpaired) electrons. The van der Waals surface area contributed by atoms with Gasteiger partial charge in [-0.3, -0.25) is 0 Å². The van der Waals surface area contributed by atoms with Crippen molar-refractivity contribution in [3.63, 3.8) is 0 Å². The van der Waals surface area contributed by atoms with E-state index in [0.717, 1.165) is 0 Å². The molecule has 0 aromatic rings. The van der Waals surface area contributed by atoms with Crippen molar-refractivity contribution in [2.45, 2.75) is 12.8 Å². The predicted molar refractivity (Wildman–Crippen MR) is 59.3 cm³/mol. The monoisotopic (exact) mass is 232 g/mol. The summed E-state index contributed by atoms with van der Waals surface area (Å²) in [4.78, 5) is 24.7. The Morgan fingerprint density at radius 2 is 1.12 bits per heavy atom. The maximum absolute atomic E-state index is 11.0. The third kappa shape index (κ3) is 6.92. The third-order valence-electron chi connectivity index (χ3n) is 1.72. The lowest BCUT2D eigenvalue weighted by atomic mass is 10.3. The lowest BCUT2D eigenvalue weighted by molar-refractivity contribution is 0.103. The number of hydrogen-bond acceptors (Lipinski definition) is 4. The number of carbonyl (C=O) groups excluding carboxylic acids is 2. The lowest BCUT2D eigenvalue weighted by Crippen LogP contribution is -2.24. The molecule has 0 aromatic carbocycles. The molecule has 0 unspecified atom stereocenters. The largest absolute Gasteiger partial charge is 0.449 e. The van der Waals surface area contributed by atoms with Crippen LogP contribution >= 0.6 is 0 Å². The van der Waals surface area contributed by atoms with E-state index in [1.807, 2.05) is 0 Å². The van der Waals surface area contributed by atoms with Gasteiger partial charge in [-0.05, 0) is 12.8 Å². The summed E-state index contributed by atoms with van der Waals surface area (Å²) in [6, 6.07) is 0. The average molecular weight is 232 g/mol. The van der Waals surface area contributed by atoms with E-state index >= 15 is 0 Å². The van der Waals surface area contributed by atoms with Crippen LogP contribution in [-0.2, 0) is 9.47 Å². The number of carbonyl (C=O) groups is 2. The maximum atomic E-state index is 11.0. The third-order valence-corrected chi connectivity index (χ3v) is 1.72. The molecule has 6 heteroatoms. The summed E-state index contributed by atoms with van der Waals surface area (Å²) in [5.74, 6) is 0. The fourth-order valence-electron chi connectivity index (χ4n) is 0.781. The summed E-state index contributed by atoms with van der Waals surface area (Å²) in [6.07, 6.45) is 0.649. The van der Waals surface area contributed by atoms with Crippen LogP contribution in [0.5, 0.6) is 0 Å². The van der Waals surface area contributed by atoms with Crippen molar-refractivity contribution in [1.29, 1.82) is 0 Å². The molecule has 0 aromatic heterocycles. The Bertz CT molecular complexity index is 205. The van der Waals surface area contributed by atoms with Gasteiger partial charge in [0.2, 0.25) is 0 Å². The topological polar surface area (TPSA) is 59.1 Å². The first kappa shape index (κ1) is 14.5. The highest BCUT2D eigenvalue weighted by Gasteiger charge is 2.05. The Morgan fingerprint density at radius 3 is 1.38 bits per heavy atom. The predicted octanol–water partition coefficient (Wildman–Crippen LogP) is 1.16. The molecule has 0 fully saturated rings. The van der Waals surface area contributed by atoms with Gasteiger partial charge >= 0.3 is 12.2 Å². The van der Waals surface area contributed by atoms with E-state index < -0.39 is 0 Å². The Kier molecular flexibility index (Phi) is 7.07. The van der Waals surface area contributed by atoms with Gasteiger partial charge < -0.3 is 19.3 Å². The molecule has 0 saturated carbocycles. The van der Waals surface area contributed by atoms with Crippen LogP contribution in [0.15, 0.2) is 0 Å². The zero-order valence-corrected chi connectivity index (χ0v) is 10.4. The van der Waals surface area contributed by atoms with Crippen LogP contribution in [-0.4, -0.2) is 63.4 Å². The van der Waals surface area contributed by atoms with Crippen molar-refractivity contribution in [1.82, 2.24) is 9.80 Å². The fraction of sp³-hybridized carbons (Fsp3) is 0.800. The van der Waals surface area contributed by atoms with Crippen molar-refractivity contribution in [2.24, 2.45) is 0 Å². The van der Waals surface area contributed by atoms with Gasteiger partial charge in [-0.1, -0.05) is 0 Å². The quantitative estimate of drug-likeness (QED) is 0.667. The highest BCUT2D eigenvalue weighted by Crippen LogP contribution is 1.95. The number of ether oxygens (including phenoxy) is 2. The van der Waals surface area contributed by atoms with Gasteiger partial charge in [0.15, 0.2) is 0 Å². The minimum atomic E-state index is -0.356. The van der Waals surface area contributed by atoms with Crippen LogP contribution in [0.25, 0.3) is 0 Å². The average Bonchev–Trinajstić information content (AvgIpc) is 2.21. The van der Waals surface area contributed by atoms with E-state index in [1.54, 1.807) is 28.2 Å². The van der Waals surface area contributed by atoms with Gasteiger partial charge in [-0.25, -0.2) is 9.59 Å². The number of hydrogen-bond donors (Lipinski definition) is 0. The molecule has 0 aliphatic rings. The highest BCUT2D eigenvalue weighted by atomic mass is 16.6. The first-order chi connectivity index (χ1) is 7.45. The zero-order chi connectivity index (χ0) is 12.6. The van der Waals surface area contributed by atoms with Gasteiger partial charge in [0.1, 0.15) is 0 Å². The Morgan fingerprint density at radius 1 is 0.812 bits per heavy atom. The van der Waals surface area contributed by atoms with E-state index in [-0.39, 0.29) is 12.2 Å². The second kappa shape index (κ2) is 7.78. The highest BCUT2D eigenvalue weighted by molar-refractivity contribution is 5.67. The fourth-order valence-corrected chi connectivity index (χ4v) is 0.781. The molecule has 0 bridgehead atoms. The van der Waals surface area contributed by atoms with E-state index in [4.69, 9.17) is 9.47 Å². The lowest BCUT2D eigenvalue weighted by Gasteiger charge is -2.12. The van der Waals surface area contributed by atoms with Crippen molar-refractivity contribution in [3.8, 4) is 0 Å². The molecule has 0 aliphatic heterocycles. The molecule has 2 amide bonds. The molecule has 0 atom stereocenters. The van der Waals surface area contributed by atoms with Crippen LogP contribution < -0.4 is 0 Å². The van der Waals surface area contributed by atoms with Crippen molar-refractivity contribution in [2.75, 3.05) is 41.4 Å². The Labute approximate surface area is 96.1 Å². The van der Waals surface area contributed by atoms with Crippen LogP contribution in [0.1, 0.15) is 12.8 Å². The first-order valence-electron chi connectivity index (χ1n) is 5.13. The summed E-state index contributed by atoms with van der Waals surface area (Å²) in [6.45, 7) is 0.688. The molecule has 0 saturated heterocycles. The first-order valence-corrected chi connectivity index (χ1v) is 5.13. The molecule has 0 heterocycles. The Balaban J connectivity index is 3.35. The summed E-state index contributed by atoms with van der Waals surface area (Å²) >= 11 is 0. The smallest absolute Gasteiger partial charge is 0.409 e. The summed E-state index contributed by atoms with van der Waals surface area (Å²) < 4.78 is 9.79. The standard InChI is InChI=1S/C10H20N2O4/c1-11(2)9(13)15-7-5-6-8-16-10(14)12(3)4/h5-8H2,1-4H3. The van der Waals surface area contributed by atoms with E-state index in [0.29, 0.717) is 26.1 Å². The summed E-state index contributed by atoms with van der Waals surface area (Å²) in [5.41, 5.74) is 0. The van der Waals surface area contributed by atoms with Gasteiger partial charge in [0.25, 0.3) is 0 Å². The number of nitrogens with zero attached hydrogens (tertiary/aromatic N) is 2. The summed E-state index contributed by atoms with van der Waals surface area (Å²) in [5, 5.41) is 0. The van der Waals surface area contributed by atoms with Crippen molar-refractivity contribution < 1.29 is 19.1 Å². The normalized spacial score (nSPS) is 9.50. The minimum absolute atomic E-state index is 0.344. The number of rotatable bonds is 5. The van der Waals surface area contributed by atoms with Crippen LogP contribution in [0.3, 0.4) is 0 Å². The molecule has 94 valence electrons. The second-order valence-electron chi connectivity index (χ2n) is 3.72. The van der Waals surface area contributed by atoms with E-state index in [9.17, 15) is 9.59 Å². The van der Waals surface area contributed by atoms with Crippen molar-refractivity contribution in [3.05, 3.63) is 0 Å². The molecule has 16 heavy (non-hydrogen) atoms. The Hall–Kier alpha value is -1.46. The molecular formula is C10H20N2O4.